The second-order valence-corrected chi connectivity index (χ2v) is 7.09. The van der Waals surface area contributed by atoms with Crippen LogP contribution in [0.3, 0.4) is 0 Å². The molecular formula is C26H26F6N4Ti. The minimum atomic E-state index is -4.28. The SMILES string of the molecule is C[N-]C.C[N-]C.FC(F)(F)c1ccc(-c2ccc[n-]2)cc1.FC(F)(F)c1ccc(-c2ccc[n-]2)cc1.[Ti+4]. The number of aromatic nitrogens is 2. The van der Waals surface area contributed by atoms with Gasteiger partial charge in [-0.05, 0) is 35.4 Å². The molecule has 37 heavy (non-hydrogen) atoms. The van der Waals surface area contributed by atoms with Gasteiger partial charge >= 0.3 is 34.1 Å². The summed E-state index contributed by atoms with van der Waals surface area (Å²) < 4.78 is 73.5. The van der Waals surface area contributed by atoms with Gasteiger partial charge in [-0.1, -0.05) is 48.5 Å². The van der Waals surface area contributed by atoms with Crippen LogP contribution in [0.4, 0.5) is 26.3 Å². The zero-order valence-electron chi connectivity index (χ0n) is 20.6. The maximum atomic E-state index is 12.2. The summed E-state index contributed by atoms with van der Waals surface area (Å²) in [6, 6.07) is 16.9. The van der Waals surface area contributed by atoms with Crippen molar-refractivity contribution in [1.82, 2.24) is 9.97 Å². The van der Waals surface area contributed by atoms with Crippen LogP contribution in [0.2, 0.25) is 0 Å². The molecule has 0 atom stereocenters. The van der Waals surface area contributed by atoms with E-state index < -0.39 is 23.5 Å². The molecule has 4 nitrogen and oxygen atoms in total. The van der Waals surface area contributed by atoms with Crippen LogP contribution < -0.4 is 9.97 Å². The van der Waals surface area contributed by atoms with E-state index in [2.05, 4.69) is 20.6 Å². The predicted octanol–water partition coefficient (Wildman–Crippen LogP) is 7.90. The van der Waals surface area contributed by atoms with Gasteiger partial charge in [-0.15, -0.1) is 11.4 Å². The standard InChI is InChI=1S/2C11H7F3N.2C2H6N.Ti/c2*12-11(13,14)9-5-3-8(4-6-9)10-2-1-7-15-10;2*1-3-2;/h2*1-7H;2*1-2H3;/q4*-1;+4. The van der Waals surface area contributed by atoms with Crippen LogP contribution in [0.25, 0.3) is 33.1 Å². The number of rotatable bonds is 2. The summed E-state index contributed by atoms with van der Waals surface area (Å²) in [7, 11) is 7.00. The van der Waals surface area contributed by atoms with Gasteiger partial charge in [-0.2, -0.15) is 66.9 Å². The van der Waals surface area contributed by atoms with Crippen molar-refractivity contribution in [2.45, 2.75) is 12.4 Å². The third-order valence-corrected chi connectivity index (χ3v) is 4.12. The molecule has 196 valence electrons. The normalized spacial score (nSPS) is 10.4. The second kappa shape index (κ2) is 16.9. The Labute approximate surface area is 227 Å². The van der Waals surface area contributed by atoms with Gasteiger partial charge in [0.05, 0.1) is 11.1 Å². The van der Waals surface area contributed by atoms with Gasteiger partial charge in [0.2, 0.25) is 0 Å². The Balaban J connectivity index is 0.000000566. The average molecular weight is 556 g/mol. The number of hydrogen-bond acceptors (Lipinski definition) is 0. The maximum absolute atomic E-state index is 12.2. The van der Waals surface area contributed by atoms with E-state index in [0.29, 0.717) is 22.5 Å². The molecule has 4 aromatic rings. The third kappa shape index (κ3) is 12.3. The molecule has 11 heteroatoms. The molecule has 2 aromatic heterocycles. The van der Waals surface area contributed by atoms with Gasteiger partial charge < -0.3 is 20.6 Å². The summed E-state index contributed by atoms with van der Waals surface area (Å²) in [5, 5.41) is 7.00. The number of alkyl halides is 6. The van der Waals surface area contributed by atoms with Crippen LogP contribution in [0.1, 0.15) is 11.1 Å². The fraction of sp³-hybridized carbons (Fsp3) is 0.231. The zero-order valence-corrected chi connectivity index (χ0v) is 22.2. The van der Waals surface area contributed by atoms with Gasteiger partial charge in [-0.3, -0.25) is 0 Å². The van der Waals surface area contributed by atoms with Gasteiger partial charge in [-0.25, -0.2) is 0 Å². The fourth-order valence-corrected chi connectivity index (χ4v) is 2.60. The fourth-order valence-electron chi connectivity index (χ4n) is 2.60. The third-order valence-electron chi connectivity index (χ3n) is 4.12. The molecule has 0 radical (unpaired) electrons. The van der Waals surface area contributed by atoms with Gasteiger partial charge in [0.1, 0.15) is 0 Å². The van der Waals surface area contributed by atoms with Gasteiger partial charge in [0, 0.05) is 0 Å². The Morgan fingerprint density at radius 3 is 0.973 bits per heavy atom. The Hall–Kier alpha value is -2.79. The van der Waals surface area contributed by atoms with Crippen molar-refractivity contribution in [3.8, 4) is 22.5 Å². The topological polar surface area (TPSA) is 56.4 Å². The summed E-state index contributed by atoms with van der Waals surface area (Å²) >= 11 is 0. The summed E-state index contributed by atoms with van der Waals surface area (Å²) in [5.74, 6) is 0. The van der Waals surface area contributed by atoms with E-state index in [9.17, 15) is 26.3 Å². The van der Waals surface area contributed by atoms with E-state index in [-0.39, 0.29) is 21.7 Å². The van der Waals surface area contributed by atoms with E-state index in [1.807, 2.05) is 0 Å². The molecule has 0 unspecified atom stereocenters. The molecule has 0 saturated heterocycles. The largest absolute Gasteiger partial charge is 4.00 e. The summed E-state index contributed by atoms with van der Waals surface area (Å²) in [4.78, 5) is 7.99. The first-order valence-electron chi connectivity index (χ1n) is 10.4. The van der Waals surface area contributed by atoms with Crippen LogP contribution in [0, 0.1) is 0 Å². The molecule has 0 saturated carbocycles. The van der Waals surface area contributed by atoms with Crippen LogP contribution in [0.15, 0.2) is 85.2 Å². The molecule has 4 rings (SSSR count). The molecule has 0 bridgehead atoms. The van der Waals surface area contributed by atoms with Crippen molar-refractivity contribution in [2.24, 2.45) is 0 Å². The predicted molar refractivity (Wildman–Crippen MR) is 131 cm³/mol. The Bertz CT molecular complexity index is 985. The monoisotopic (exact) mass is 556 g/mol. The van der Waals surface area contributed by atoms with Crippen molar-refractivity contribution in [3.63, 3.8) is 0 Å². The summed E-state index contributed by atoms with van der Waals surface area (Å²) in [6.07, 6.45) is -5.35. The smallest absolute Gasteiger partial charge is 0.668 e. The quantitative estimate of drug-likeness (QED) is 0.186. The van der Waals surface area contributed by atoms with E-state index >= 15 is 0 Å². The second-order valence-electron chi connectivity index (χ2n) is 7.09. The number of hydrogen-bond donors (Lipinski definition) is 0. The zero-order chi connectivity index (χ0) is 27.2. The maximum Gasteiger partial charge on any atom is 4.00 e. The van der Waals surface area contributed by atoms with Crippen LogP contribution >= 0.6 is 0 Å². The van der Waals surface area contributed by atoms with E-state index in [1.165, 1.54) is 24.3 Å². The molecule has 0 aliphatic heterocycles. The van der Waals surface area contributed by atoms with Crippen molar-refractivity contribution < 1.29 is 48.1 Å². The Kier molecular flexibility index (Phi) is 15.6. The first-order chi connectivity index (χ1) is 17.0. The van der Waals surface area contributed by atoms with Gasteiger partial charge in [0.15, 0.2) is 0 Å². The average Bonchev–Trinajstić information content (AvgIpc) is 3.55. The van der Waals surface area contributed by atoms with Crippen LogP contribution in [-0.4, -0.2) is 28.2 Å². The van der Waals surface area contributed by atoms with E-state index in [4.69, 9.17) is 0 Å². The number of benzene rings is 2. The van der Waals surface area contributed by atoms with Crippen molar-refractivity contribution in [3.05, 3.63) is 107 Å². The molecule has 0 aliphatic carbocycles. The summed E-state index contributed by atoms with van der Waals surface area (Å²) in [5.41, 5.74) is 1.46. The van der Waals surface area contributed by atoms with Crippen molar-refractivity contribution in [2.75, 3.05) is 28.2 Å². The van der Waals surface area contributed by atoms with Crippen molar-refractivity contribution in [1.29, 1.82) is 0 Å². The first kappa shape index (κ1) is 34.2. The number of halogens is 6. The van der Waals surface area contributed by atoms with Crippen LogP contribution in [-0.2, 0) is 34.1 Å². The molecule has 0 aliphatic rings. The molecule has 0 N–H and O–H groups in total. The van der Waals surface area contributed by atoms with Crippen LogP contribution in [0.5, 0.6) is 0 Å². The van der Waals surface area contributed by atoms with Gasteiger partial charge in [0.25, 0.3) is 0 Å². The molecular weight excluding hydrogens is 530 g/mol. The number of nitrogens with zero attached hydrogens (tertiary/aromatic N) is 4. The molecule has 2 aromatic carbocycles. The molecule has 0 fully saturated rings. The minimum Gasteiger partial charge on any atom is -0.668 e. The first-order valence-corrected chi connectivity index (χ1v) is 10.4. The van der Waals surface area contributed by atoms with Crippen molar-refractivity contribution >= 4 is 0 Å². The minimum absolute atomic E-state index is 0. The van der Waals surface area contributed by atoms with E-state index in [0.717, 1.165) is 24.3 Å². The Morgan fingerprint density at radius 1 is 0.514 bits per heavy atom. The molecule has 2 heterocycles. The van der Waals surface area contributed by atoms with E-state index in [1.54, 1.807) is 64.8 Å². The molecule has 0 spiro atoms. The Morgan fingerprint density at radius 2 is 0.784 bits per heavy atom. The summed E-state index contributed by atoms with van der Waals surface area (Å²) in [6.45, 7) is 0. The molecule has 0 amide bonds.